The Balaban J connectivity index is 1.36. The number of benzene rings is 2. The molecule has 0 radical (unpaired) electrons. The number of hydrogen-bond donors (Lipinski definition) is 2. The molecule has 0 aliphatic carbocycles. The van der Waals surface area contributed by atoms with Crippen LogP contribution in [0.15, 0.2) is 59.6 Å². The van der Waals surface area contributed by atoms with Crippen molar-refractivity contribution in [2.45, 2.75) is 25.5 Å². The molecule has 2 aromatic rings. The van der Waals surface area contributed by atoms with Gasteiger partial charge >= 0.3 is 0 Å². The van der Waals surface area contributed by atoms with E-state index in [-0.39, 0.29) is 12.0 Å². The van der Waals surface area contributed by atoms with Crippen molar-refractivity contribution in [1.29, 1.82) is 0 Å². The number of nitrogens with one attached hydrogen (secondary N) is 2. The number of amides is 1. The van der Waals surface area contributed by atoms with Crippen molar-refractivity contribution in [3.63, 3.8) is 0 Å². The van der Waals surface area contributed by atoms with Gasteiger partial charge in [-0.1, -0.05) is 48.5 Å². The molecule has 3 rings (SSSR count). The van der Waals surface area contributed by atoms with Crippen LogP contribution in [-0.2, 0) is 17.8 Å². The summed E-state index contributed by atoms with van der Waals surface area (Å²) in [6, 6.07) is 18.1. The highest BCUT2D eigenvalue weighted by molar-refractivity contribution is 5.81. The van der Waals surface area contributed by atoms with Crippen molar-refractivity contribution in [3.05, 3.63) is 65.7 Å². The maximum absolute atomic E-state index is 12.3. The number of hydrogen-bond acceptors (Lipinski definition) is 3. The summed E-state index contributed by atoms with van der Waals surface area (Å²) >= 11 is 0. The van der Waals surface area contributed by atoms with Crippen LogP contribution in [0.3, 0.4) is 0 Å². The van der Waals surface area contributed by atoms with Gasteiger partial charge in [0.1, 0.15) is 11.9 Å². The molecule has 1 atom stereocenters. The summed E-state index contributed by atoms with van der Waals surface area (Å²) < 4.78 is 5.93. The van der Waals surface area contributed by atoms with E-state index in [1.54, 1.807) is 11.9 Å². The fourth-order valence-electron chi connectivity index (χ4n) is 3.22. The van der Waals surface area contributed by atoms with E-state index < -0.39 is 0 Å². The van der Waals surface area contributed by atoms with Crippen LogP contribution in [0.4, 0.5) is 0 Å². The number of rotatable bonds is 7. The van der Waals surface area contributed by atoms with E-state index in [1.165, 1.54) is 5.56 Å². The van der Waals surface area contributed by atoms with E-state index in [9.17, 15) is 4.79 Å². The standard InChI is InChI=1S/C22H28N4O2/c1-23-22(25-15-19-14-18-10-6-7-11-20(18)28-19)24-13-12-21(27)26(2)16-17-8-4-3-5-9-17/h3-11,19H,12-16H2,1-2H3,(H2,23,24,25). The number of fused-ring (bicyclic) bond motifs is 1. The fraction of sp³-hybridized carbons (Fsp3) is 0.364. The van der Waals surface area contributed by atoms with Crippen molar-refractivity contribution < 1.29 is 9.53 Å². The molecule has 0 saturated carbocycles. The predicted molar refractivity (Wildman–Crippen MR) is 111 cm³/mol. The van der Waals surface area contributed by atoms with Gasteiger partial charge in [-0.2, -0.15) is 0 Å². The Hall–Kier alpha value is -3.02. The Morgan fingerprint density at radius 1 is 1.14 bits per heavy atom. The zero-order valence-corrected chi connectivity index (χ0v) is 16.5. The summed E-state index contributed by atoms with van der Waals surface area (Å²) in [7, 11) is 3.56. The summed E-state index contributed by atoms with van der Waals surface area (Å²) in [4.78, 5) is 18.3. The van der Waals surface area contributed by atoms with E-state index >= 15 is 0 Å². The maximum atomic E-state index is 12.3. The highest BCUT2D eigenvalue weighted by Gasteiger charge is 2.22. The minimum Gasteiger partial charge on any atom is -0.488 e. The smallest absolute Gasteiger partial charge is 0.224 e. The Kier molecular flexibility index (Phi) is 6.89. The summed E-state index contributed by atoms with van der Waals surface area (Å²) in [6.45, 7) is 1.81. The molecule has 2 aromatic carbocycles. The molecule has 0 fully saturated rings. The zero-order valence-electron chi connectivity index (χ0n) is 16.5. The summed E-state index contributed by atoms with van der Waals surface area (Å²) in [5.74, 6) is 1.74. The van der Waals surface area contributed by atoms with E-state index in [0.29, 0.717) is 32.0 Å². The van der Waals surface area contributed by atoms with Gasteiger partial charge in [0.25, 0.3) is 0 Å². The van der Waals surface area contributed by atoms with Crippen molar-refractivity contribution in [2.75, 3.05) is 27.2 Å². The quantitative estimate of drug-likeness (QED) is 0.571. The summed E-state index contributed by atoms with van der Waals surface area (Å²) in [5.41, 5.74) is 2.37. The second-order valence-electron chi connectivity index (χ2n) is 6.92. The third kappa shape index (κ3) is 5.49. The monoisotopic (exact) mass is 380 g/mol. The third-order valence-corrected chi connectivity index (χ3v) is 4.75. The molecule has 0 bridgehead atoms. The van der Waals surface area contributed by atoms with Gasteiger partial charge < -0.3 is 20.3 Å². The van der Waals surface area contributed by atoms with E-state index in [2.05, 4.69) is 21.7 Å². The molecule has 1 unspecified atom stereocenters. The highest BCUT2D eigenvalue weighted by Crippen LogP contribution is 2.27. The third-order valence-electron chi connectivity index (χ3n) is 4.75. The lowest BCUT2D eigenvalue weighted by Gasteiger charge is -2.18. The van der Waals surface area contributed by atoms with E-state index in [0.717, 1.165) is 17.7 Å². The number of ether oxygens (including phenoxy) is 1. The number of para-hydroxylation sites is 1. The van der Waals surface area contributed by atoms with Crippen molar-refractivity contribution in [3.8, 4) is 5.75 Å². The molecule has 0 aromatic heterocycles. The summed E-state index contributed by atoms with van der Waals surface area (Å²) in [5, 5.41) is 6.48. The SMILES string of the molecule is CN=C(NCCC(=O)N(C)Cc1ccccc1)NCC1Cc2ccccc2O1. The van der Waals surface area contributed by atoms with Gasteiger partial charge in [-0.3, -0.25) is 9.79 Å². The molecule has 1 aliphatic heterocycles. The first-order valence-corrected chi connectivity index (χ1v) is 9.62. The van der Waals surface area contributed by atoms with Crippen molar-refractivity contribution in [2.24, 2.45) is 4.99 Å². The van der Waals surface area contributed by atoms with Crippen LogP contribution in [0, 0.1) is 0 Å². The Labute approximate surface area is 166 Å². The average molecular weight is 380 g/mol. The average Bonchev–Trinajstić information content (AvgIpc) is 3.14. The largest absolute Gasteiger partial charge is 0.488 e. The molecule has 1 aliphatic rings. The van der Waals surface area contributed by atoms with Crippen LogP contribution in [0.5, 0.6) is 5.75 Å². The van der Waals surface area contributed by atoms with Crippen LogP contribution in [0.25, 0.3) is 0 Å². The first kappa shape index (κ1) is 19.7. The molecular formula is C22H28N4O2. The molecular weight excluding hydrogens is 352 g/mol. The normalized spacial score (nSPS) is 15.5. The maximum Gasteiger partial charge on any atom is 0.224 e. The summed E-state index contributed by atoms with van der Waals surface area (Å²) in [6.07, 6.45) is 1.40. The van der Waals surface area contributed by atoms with Gasteiger partial charge in [0.15, 0.2) is 5.96 Å². The molecule has 28 heavy (non-hydrogen) atoms. The predicted octanol–water partition coefficient (Wildman–Crippen LogP) is 2.20. The molecule has 0 saturated heterocycles. The number of nitrogens with zero attached hydrogens (tertiary/aromatic N) is 2. The molecule has 2 N–H and O–H groups in total. The zero-order chi connectivity index (χ0) is 19.8. The molecule has 148 valence electrons. The highest BCUT2D eigenvalue weighted by atomic mass is 16.5. The second-order valence-corrected chi connectivity index (χ2v) is 6.92. The molecule has 1 amide bonds. The Morgan fingerprint density at radius 3 is 2.64 bits per heavy atom. The molecule has 1 heterocycles. The van der Waals surface area contributed by atoms with Crippen molar-refractivity contribution in [1.82, 2.24) is 15.5 Å². The lowest BCUT2D eigenvalue weighted by atomic mass is 10.1. The van der Waals surface area contributed by atoms with Crippen molar-refractivity contribution >= 4 is 11.9 Å². The van der Waals surface area contributed by atoms with Crippen LogP contribution in [0.1, 0.15) is 17.5 Å². The lowest BCUT2D eigenvalue weighted by Crippen LogP contribution is -2.43. The van der Waals surface area contributed by atoms with Gasteiger partial charge in [0.05, 0.1) is 6.54 Å². The van der Waals surface area contributed by atoms with Gasteiger partial charge in [0.2, 0.25) is 5.91 Å². The second kappa shape index (κ2) is 9.78. The van der Waals surface area contributed by atoms with Crippen LogP contribution in [0.2, 0.25) is 0 Å². The minimum absolute atomic E-state index is 0.0922. The Morgan fingerprint density at radius 2 is 1.89 bits per heavy atom. The lowest BCUT2D eigenvalue weighted by molar-refractivity contribution is -0.130. The van der Waals surface area contributed by atoms with E-state index in [4.69, 9.17) is 4.74 Å². The van der Waals surface area contributed by atoms with Gasteiger partial charge in [0, 0.05) is 40.0 Å². The first-order chi connectivity index (χ1) is 13.7. The topological polar surface area (TPSA) is 66.0 Å². The number of carbonyl (C=O) groups is 1. The van der Waals surface area contributed by atoms with Crippen LogP contribution < -0.4 is 15.4 Å². The number of carbonyl (C=O) groups excluding carboxylic acids is 1. The fourth-order valence-corrected chi connectivity index (χ4v) is 3.22. The van der Waals surface area contributed by atoms with Gasteiger partial charge in [-0.05, 0) is 17.2 Å². The van der Waals surface area contributed by atoms with Crippen LogP contribution in [-0.4, -0.2) is 50.1 Å². The van der Waals surface area contributed by atoms with E-state index in [1.807, 2.05) is 55.6 Å². The van der Waals surface area contributed by atoms with Gasteiger partial charge in [-0.25, -0.2) is 0 Å². The molecule has 6 heteroatoms. The minimum atomic E-state index is 0.0922. The molecule has 0 spiro atoms. The number of aliphatic imine (C=N–C) groups is 1. The first-order valence-electron chi connectivity index (χ1n) is 9.62. The Bertz CT molecular complexity index is 782. The van der Waals surface area contributed by atoms with Gasteiger partial charge in [-0.15, -0.1) is 0 Å². The molecule has 6 nitrogen and oxygen atoms in total. The number of guanidine groups is 1. The van der Waals surface area contributed by atoms with Crippen LogP contribution >= 0.6 is 0 Å².